The molecule has 0 spiro atoms. The second-order valence-electron chi connectivity index (χ2n) is 12.1. The van der Waals surface area contributed by atoms with Crippen molar-refractivity contribution in [2.45, 2.75) is 175 Å². The fourth-order valence-corrected chi connectivity index (χ4v) is 6.04. The van der Waals surface area contributed by atoms with Gasteiger partial charge in [-0.2, -0.15) is 0 Å². The van der Waals surface area contributed by atoms with E-state index in [9.17, 15) is 14.4 Å². The molecule has 0 radical (unpaired) electrons. The molecule has 42 heavy (non-hydrogen) atoms. The Morgan fingerprint density at radius 3 is 1.69 bits per heavy atom. The van der Waals surface area contributed by atoms with E-state index < -0.39 is 0 Å². The van der Waals surface area contributed by atoms with Crippen LogP contribution < -0.4 is 0 Å². The Kier molecular flexibility index (Phi) is 22.0. The fraction of sp³-hybridized carbons (Fsp3) is 0.806. The summed E-state index contributed by atoms with van der Waals surface area (Å²) in [5.74, 6) is -0.222. The summed E-state index contributed by atoms with van der Waals surface area (Å²) in [6.07, 6.45) is 25.1. The zero-order chi connectivity index (χ0) is 31.0. The summed E-state index contributed by atoms with van der Waals surface area (Å²) in [4.78, 5) is 36.1. The van der Waals surface area contributed by atoms with Crippen molar-refractivity contribution in [1.82, 2.24) is 4.57 Å². The van der Waals surface area contributed by atoms with E-state index in [0.29, 0.717) is 25.9 Å². The SMILES string of the molecule is CCCCCCCCCCCCCCCCCC(=O)c1c(C)c(CCC(=O)OC)n(CCCCCCOC(C)=O)c1C. The van der Waals surface area contributed by atoms with E-state index in [0.717, 1.165) is 67.6 Å². The van der Waals surface area contributed by atoms with E-state index in [4.69, 9.17) is 9.47 Å². The summed E-state index contributed by atoms with van der Waals surface area (Å²) in [5.41, 5.74) is 3.99. The maximum atomic E-state index is 13.3. The summed E-state index contributed by atoms with van der Waals surface area (Å²) in [6, 6.07) is 0. The molecule has 1 aromatic rings. The lowest BCUT2D eigenvalue weighted by Crippen LogP contribution is -2.09. The monoisotopic (exact) mass is 589 g/mol. The van der Waals surface area contributed by atoms with Gasteiger partial charge in [0, 0.05) is 36.8 Å². The van der Waals surface area contributed by atoms with Gasteiger partial charge >= 0.3 is 11.9 Å². The van der Waals surface area contributed by atoms with Crippen molar-refractivity contribution < 1.29 is 23.9 Å². The van der Waals surface area contributed by atoms with Gasteiger partial charge in [-0.15, -0.1) is 0 Å². The Balaban J connectivity index is 2.42. The Bertz CT molecular complexity index is 888. The number of hydrogen-bond acceptors (Lipinski definition) is 5. The third-order valence-corrected chi connectivity index (χ3v) is 8.56. The molecular formula is C36H63NO5. The zero-order valence-corrected chi connectivity index (χ0v) is 28.0. The van der Waals surface area contributed by atoms with Crippen LogP contribution in [-0.4, -0.2) is 36.0 Å². The number of aromatic nitrogens is 1. The van der Waals surface area contributed by atoms with E-state index in [-0.39, 0.29) is 17.7 Å². The number of carbonyl (C=O) groups excluding carboxylic acids is 3. The Morgan fingerprint density at radius 2 is 1.17 bits per heavy atom. The van der Waals surface area contributed by atoms with Gasteiger partial charge in [0.25, 0.3) is 0 Å². The number of carbonyl (C=O) groups is 3. The minimum absolute atomic E-state index is 0.226. The summed E-state index contributed by atoms with van der Waals surface area (Å²) in [7, 11) is 1.42. The molecule has 0 fully saturated rings. The van der Waals surface area contributed by atoms with Gasteiger partial charge in [-0.3, -0.25) is 14.4 Å². The van der Waals surface area contributed by atoms with Crippen LogP contribution in [0, 0.1) is 13.8 Å². The van der Waals surface area contributed by atoms with Gasteiger partial charge in [0.1, 0.15) is 0 Å². The highest BCUT2D eigenvalue weighted by Gasteiger charge is 2.22. The van der Waals surface area contributed by atoms with Crippen LogP contribution in [0.1, 0.15) is 176 Å². The zero-order valence-electron chi connectivity index (χ0n) is 28.0. The first-order valence-corrected chi connectivity index (χ1v) is 17.2. The van der Waals surface area contributed by atoms with E-state index in [1.54, 1.807) is 0 Å². The number of hydrogen-bond donors (Lipinski definition) is 0. The number of ether oxygens (including phenoxy) is 2. The molecule has 0 atom stereocenters. The van der Waals surface area contributed by atoms with Crippen molar-refractivity contribution in [3.05, 3.63) is 22.5 Å². The predicted molar refractivity (Wildman–Crippen MR) is 173 cm³/mol. The van der Waals surface area contributed by atoms with Gasteiger partial charge < -0.3 is 14.0 Å². The van der Waals surface area contributed by atoms with Crippen molar-refractivity contribution in [1.29, 1.82) is 0 Å². The van der Waals surface area contributed by atoms with Crippen molar-refractivity contribution in [3.8, 4) is 0 Å². The molecule has 1 rings (SSSR count). The number of unbranched alkanes of at least 4 members (excludes halogenated alkanes) is 17. The highest BCUT2D eigenvalue weighted by atomic mass is 16.5. The number of nitrogens with zero attached hydrogens (tertiary/aromatic N) is 1. The number of ketones is 1. The summed E-state index contributed by atoms with van der Waals surface area (Å²) >= 11 is 0. The lowest BCUT2D eigenvalue weighted by atomic mass is 9.99. The molecule has 0 aliphatic carbocycles. The summed E-state index contributed by atoms with van der Waals surface area (Å²) < 4.78 is 12.2. The topological polar surface area (TPSA) is 74.6 Å². The molecule has 242 valence electrons. The van der Waals surface area contributed by atoms with E-state index >= 15 is 0 Å². The van der Waals surface area contributed by atoms with Gasteiger partial charge in [0.05, 0.1) is 20.1 Å². The minimum Gasteiger partial charge on any atom is -0.469 e. The third kappa shape index (κ3) is 16.5. The smallest absolute Gasteiger partial charge is 0.305 e. The quantitative estimate of drug-likeness (QED) is 0.0580. The van der Waals surface area contributed by atoms with Crippen molar-refractivity contribution in [3.63, 3.8) is 0 Å². The van der Waals surface area contributed by atoms with Crippen molar-refractivity contribution in [2.24, 2.45) is 0 Å². The molecule has 0 amide bonds. The van der Waals surface area contributed by atoms with Gasteiger partial charge in [-0.25, -0.2) is 0 Å². The minimum atomic E-state index is -0.231. The molecule has 0 aromatic carbocycles. The Morgan fingerprint density at radius 1 is 0.667 bits per heavy atom. The van der Waals surface area contributed by atoms with Crippen LogP contribution in [0.2, 0.25) is 0 Å². The number of methoxy groups -OCH3 is 1. The molecular weight excluding hydrogens is 526 g/mol. The second-order valence-corrected chi connectivity index (χ2v) is 12.1. The molecule has 0 bridgehead atoms. The van der Waals surface area contributed by atoms with E-state index in [1.165, 1.54) is 97.5 Å². The van der Waals surface area contributed by atoms with E-state index in [2.05, 4.69) is 18.4 Å². The van der Waals surface area contributed by atoms with Gasteiger partial charge in [-0.05, 0) is 51.5 Å². The molecule has 1 aromatic heterocycles. The molecule has 1 heterocycles. The average Bonchev–Trinajstić information content (AvgIpc) is 3.20. The molecule has 0 unspecified atom stereocenters. The lowest BCUT2D eigenvalue weighted by Gasteiger charge is -2.12. The van der Waals surface area contributed by atoms with Crippen LogP contribution in [0.5, 0.6) is 0 Å². The predicted octanol–water partition coefficient (Wildman–Crippen LogP) is 9.78. The first-order chi connectivity index (χ1) is 20.3. The maximum Gasteiger partial charge on any atom is 0.305 e. The first-order valence-electron chi connectivity index (χ1n) is 17.2. The second kappa shape index (κ2) is 24.3. The normalized spacial score (nSPS) is 11.2. The molecule has 6 heteroatoms. The van der Waals surface area contributed by atoms with Crippen LogP contribution in [0.25, 0.3) is 0 Å². The largest absolute Gasteiger partial charge is 0.469 e. The van der Waals surface area contributed by atoms with Crippen molar-refractivity contribution >= 4 is 17.7 Å². The van der Waals surface area contributed by atoms with Crippen molar-refractivity contribution in [2.75, 3.05) is 13.7 Å². The molecule has 6 nitrogen and oxygen atoms in total. The van der Waals surface area contributed by atoms with Crippen LogP contribution in [0.4, 0.5) is 0 Å². The molecule has 0 aliphatic heterocycles. The van der Waals surface area contributed by atoms with Crippen LogP contribution in [0.15, 0.2) is 0 Å². The molecule has 0 saturated heterocycles. The number of rotatable bonds is 27. The van der Waals surface area contributed by atoms with Gasteiger partial charge in [0.2, 0.25) is 0 Å². The van der Waals surface area contributed by atoms with Crippen LogP contribution in [0.3, 0.4) is 0 Å². The fourth-order valence-electron chi connectivity index (χ4n) is 6.04. The highest BCUT2D eigenvalue weighted by molar-refractivity contribution is 5.99. The number of esters is 2. The van der Waals surface area contributed by atoms with Crippen LogP contribution in [-0.2, 0) is 32.0 Å². The standard InChI is InChI=1S/C36H63NO5/c1-6-7-8-9-10-11-12-13-14-15-16-17-18-19-22-25-34(39)36-30(2)33(26-27-35(40)41-5)37(31(36)3)28-23-20-21-24-29-42-32(4)38/h6-29H2,1-5H3. The molecule has 0 aliphatic rings. The molecule has 0 saturated carbocycles. The average molecular weight is 590 g/mol. The molecule has 0 N–H and O–H groups in total. The highest BCUT2D eigenvalue weighted by Crippen LogP contribution is 2.27. The third-order valence-electron chi connectivity index (χ3n) is 8.56. The van der Waals surface area contributed by atoms with E-state index in [1.807, 2.05) is 6.92 Å². The maximum absolute atomic E-state index is 13.3. The lowest BCUT2D eigenvalue weighted by molar-refractivity contribution is -0.141. The Labute approximate surface area is 257 Å². The Hall–Kier alpha value is -2.11. The number of Topliss-reactive ketones (excluding diaryl/α,β-unsaturated/α-hetero) is 1. The van der Waals surface area contributed by atoms with Gasteiger partial charge in [-0.1, -0.05) is 103 Å². The van der Waals surface area contributed by atoms with Gasteiger partial charge in [0.15, 0.2) is 5.78 Å². The summed E-state index contributed by atoms with van der Waals surface area (Å²) in [5, 5.41) is 0. The van der Waals surface area contributed by atoms with Crippen LogP contribution >= 0.6 is 0 Å². The first kappa shape index (κ1) is 37.9. The summed E-state index contributed by atoms with van der Waals surface area (Å²) in [6.45, 7) is 9.09.